The lowest BCUT2D eigenvalue weighted by Gasteiger charge is -2.11. The number of nitrogens with zero attached hydrogens (tertiary/aromatic N) is 1. The van der Waals surface area contributed by atoms with Gasteiger partial charge in [0.1, 0.15) is 0 Å². The van der Waals surface area contributed by atoms with Crippen molar-refractivity contribution in [3.05, 3.63) is 51.4 Å². The second-order valence-electron chi connectivity index (χ2n) is 4.27. The predicted octanol–water partition coefficient (Wildman–Crippen LogP) is 2.28. The Bertz CT molecular complexity index is 829. The molecule has 1 amide bonds. The van der Waals surface area contributed by atoms with Crippen LogP contribution in [0.15, 0.2) is 36.4 Å². The number of amides is 1. The summed E-state index contributed by atoms with van der Waals surface area (Å²) >= 11 is 0.738. The largest absolute Gasteiger partial charge is 0.324 e. The molecule has 0 aliphatic rings. The van der Waals surface area contributed by atoms with Gasteiger partial charge in [-0.2, -0.15) is 0 Å². The molecular formula is C12H11N3O5S2. The summed E-state index contributed by atoms with van der Waals surface area (Å²) in [6.45, 7) is 0. The lowest BCUT2D eigenvalue weighted by molar-refractivity contribution is -0.380. The number of hydrogen-bond donors (Lipinski definition) is 2. The van der Waals surface area contributed by atoms with E-state index in [1.165, 1.54) is 24.3 Å². The van der Waals surface area contributed by atoms with Crippen LogP contribution in [-0.4, -0.2) is 25.5 Å². The van der Waals surface area contributed by atoms with E-state index in [0.29, 0.717) is 0 Å². The van der Waals surface area contributed by atoms with Crippen LogP contribution in [0.2, 0.25) is 0 Å². The van der Waals surface area contributed by atoms with Gasteiger partial charge in [0.25, 0.3) is 5.91 Å². The van der Waals surface area contributed by atoms with Gasteiger partial charge in [-0.05, 0) is 18.2 Å². The number of carbonyl (C=O) groups excluding carboxylic acids is 1. The van der Waals surface area contributed by atoms with E-state index >= 15 is 0 Å². The molecule has 2 aromatic rings. The van der Waals surface area contributed by atoms with Crippen LogP contribution < -0.4 is 10.0 Å². The lowest BCUT2D eigenvalue weighted by Crippen LogP contribution is -2.15. The van der Waals surface area contributed by atoms with Gasteiger partial charge >= 0.3 is 5.00 Å². The molecule has 22 heavy (non-hydrogen) atoms. The molecule has 1 aromatic carbocycles. The van der Waals surface area contributed by atoms with E-state index in [2.05, 4.69) is 10.0 Å². The zero-order valence-corrected chi connectivity index (χ0v) is 12.9. The van der Waals surface area contributed by atoms with Crippen molar-refractivity contribution in [2.24, 2.45) is 0 Å². The first-order valence-electron chi connectivity index (χ1n) is 5.88. The van der Waals surface area contributed by atoms with E-state index in [1.807, 2.05) is 0 Å². The first kappa shape index (κ1) is 15.9. The van der Waals surface area contributed by atoms with Crippen molar-refractivity contribution >= 4 is 43.6 Å². The summed E-state index contributed by atoms with van der Waals surface area (Å²) in [4.78, 5) is 22.3. The van der Waals surface area contributed by atoms with Gasteiger partial charge in [-0.15, -0.1) is 0 Å². The molecule has 0 bridgehead atoms. The first-order valence-corrected chi connectivity index (χ1v) is 8.59. The number of nitrogens with one attached hydrogen (secondary N) is 2. The minimum Gasteiger partial charge on any atom is -0.319 e. The van der Waals surface area contributed by atoms with Crippen LogP contribution in [0.1, 0.15) is 9.67 Å². The standard InChI is InChI=1S/C12H11N3O5S2/c1-22(19,20)14-9-5-3-2-4-8(9)13-12(16)10-6-7-11(21-10)15(17)18/h2-7,14H,1H3,(H,13,16). The summed E-state index contributed by atoms with van der Waals surface area (Å²) in [7, 11) is -3.50. The highest BCUT2D eigenvalue weighted by Crippen LogP contribution is 2.27. The normalized spacial score (nSPS) is 11.0. The highest BCUT2D eigenvalue weighted by atomic mass is 32.2. The second kappa shape index (κ2) is 6.12. The van der Waals surface area contributed by atoms with E-state index < -0.39 is 20.9 Å². The van der Waals surface area contributed by atoms with Crippen LogP contribution in [0.25, 0.3) is 0 Å². The van der Waals surface area contributed by atoms with Crippen LogP contribution >= 0.6 is 11.3 Å². The quantitative estimate of drug-likeness (QED) is 0.639. The van der Waals surface area contributed by atoms with Crippen LogP contribution in [0.3, 0.4) is 0 Å². The topological polar surface area (TPSA) is 118 Å². The molecule has 0 fully saturated rings. The van der Waals surface area contributed by atoms with Crippen molar-refractivity contribution in [3.8, 4) is 0 Å². The number of sulfonamides is 1. The fourth-order valence-corrected chi connectivity index (χ4v) is 2.91. The zero-order chi connectivity index (χ0) is 16.3. The number of benzene rings is 1. The summed E-state index contributed by atoms with van der Waals surface area (Å²) < 4.78 is 24.9. The molecular weight excluding hydrogens is 330 g/mol. The Kier molecular flexibility index (Phi) is 4.43. The Hall–Kier alpha value is -2.46. The van der Waals surface area contributed by atoms with Gasteiger partial charge in [0, 0.05) is 6.07 Å². The van der Waals surface area contributed by atoms with Crippen molar-refractivity contribution in [2.45, 2.75) is 0 Å². The van der Waals surface area contributed by atoms with Crippen molar-refractivity contribution in [3.63, 3.8) is 0 Å². The van der Waals surface area contributed by atoms with Gasteiger partial charge in [0.05, 0.1) is 27.4 Å². The van der Waals surface area contributed by atoms with E-state index in [4.69, 9.17) is 0 Å². The van der Waals surface area contributed by atoms with Crippen molar-refractivity contribution in [1.29, 1.82) is 0 Å². The molecule has 1 aromatic heterocycles. The van der Waals surface area contributed by atoms with Gasteiger partial charge in [-0.1, -0.05) is 23.5 Å². The Morgan fingerprint density at radius 2 is 1.82 bits per heavy atom. The number of carbonyl (C=O) groups is 1. The molecule has 8 nitrogen and oxygen atoms in total. The molecule has 0 aliphatic carbocycles. The number of para-hydroxylation sites is 2. The third-order valence-corrected chi connectivity index (χ3v) is 4.09. The fraction of sp³-hybridized carbons (Fsp3) is 0.0833. The smallest absolute Gasteiger partial charge is 0.319 e. The first-order chi connectivity index (χ1) is 10.3. The van der Waals surface area contributed by atoms with E-state index in [0.717, 1.165) is 17.6 Å². The summed E-state index contributed by atoms with van der Waals surface area (Å²) in [5.41, 5.74) is 0.471. The zero-order valence-electron chi connectivity index (χ0n) is 11.3. The lowest BCUT2D eigenvalue weighted by atomic mass is 10.2. The van der Waals surface area contributed by atoms with Crippen LogP contribution in [-0.2, 0) is 10.0 Å². The Morgan fingerprint density at radius 1 is 1.18 bits per heavy atom. The number of rotatable bonds is 5. The molecule has 0 saturated heterocycles. The molecule has 2 rings (SSSR count). The second-order valence-corrected chi connectivity index (χ2v) is 7.08. The maximum atomic E-state index is 12.1. The molecule has 0 atom stereocenters. The molecule has 0 unspecified atom stereocenters. The third kappa shape index (κ3) is 4.02. The molecule has 0 spiro atoms. The monoisotopic (exact) mass is 341 g/mol. The third-order valence-electron chi connectivity index (χ3n) is 2.47. The van der Waals surface area contributed by atoms with Gasteiger partial charge in [-0.25, -0.2) is 8.42 Å². The SMILES string of the molecule is CS(=O)(=O)Nc1ccccc1NC(=O)c1ccc([N+](=O)[O-])s1. The molecule has 0 radical (unpaired) electrons. The summed E-state index contributed by atoms with van der Waals surface area (Å²) in [5, 5.41) is 13.0. The maximum Gasteiger partial charge on any atom is 0.324 e. The number of thiophene rings is 1. The molecule has 116 valence electrons. The summed E-state index contributed by atoms with van der Waals surface area (Å²) in [6.07, 6.45) is 0.994. The van der Waals surface area contributed by atoms with Gasteiger partial charge < -0.3 is 5.32 Å². The van der Waals surface area contributed by atoms with Gasteiger partial charge in [-0.3, -0.25) is 19.6 Å². The van der Waals surface area contributed by atoms with E-state index in [-0.39, 0.29) is 21.3 Å². The van der Waals surface area contributed by atoms with Crippen molar-refractivity contribution in [1.82, 2.24) is 0 Å². The van der Waals surface area contributed by atoms with Crippen LogP contribution in [0.4, 0.5) is 16.4 Å². The Labute approximate surface area is 130 Å². The number of anilines is 2. The predicted molar refractivity (Wildman–Crippen MR) is 83.8 cm³/mol. The molecule has 0 saturated carbocycles. The average Bonchev–Trinajstić information content (AvgIpc) is 2.89. The minimum absolute atomic E-state index is 0.146. The highest BCUT2D eigenvalue weighted by Gasteiger charge is 2.16. The molecule has 0 aliphatic heterocycles. The molecule has 10 heteroatoms. The van der Waals surface area contributed by atoms with Crippen molar-refractivity contribution < 1.29 is 18.1 Å². The molecule has 1 heterocycles. The van der Waals surface area contributed by atoms with Crippen LogP contribution in [0, 0.1) is 10.1 Å². The summed E-state index contributed by atoms with van der Waals surface area (Å²) in [5.74, 6) is -0.555. The van der Waals surface area contributed by atoms with Gasteiger partial charge in [0.15, 0.2) is 0 Å². The fourth-order valence-electron chi connectivity index (χ4n) is 1.61. The number of nitro groups is 1. The average molecular weight is 341 g/mol. The highest BCUT2D eigenvalue weighted by molar-refractivity contribution is 7.92. The van der Waals surface area contributed by atoms with Crippen LogP contribution in [0.5, 0.6) is 0 Å². The maximum absolute atomic E-state index is 12.1. The van der Waals surface area contributed by atoms with E-state index in [9.17, 15) is 23.3 Å². The molecule has 2 N–H and O–H groups in total. The minimum atomic E-state index is -3.50. The van der Waals surface area contributed by atoms with Gasteiger partial charge in [0.2, 0.25) is 10.0 Å². The Morgan fingerprint density at radius 3 is 2.36 bits per heavy atom. The Balaban J connectivity index is 2.23. The summed E-state index contributed by atoms with van der Waals surface area (Å²) in [6, 6.07) is 8.82. The number of hydrogen-bond acceptors (Lipinski definition) is 6. The van der Waals surface area contributed by atoms with Crippen molar-refractivity contribution in [2.75, 3.05) is 16.3 Å². The van der Waals surface area contributed by atoms with E-state index in [1.54, 1.807) is 12.1 Å².